The SMILES string of the molecule is CNC(=O)c1ccc(C2CC2)cc1O. The van der Waals surface area contributed by atoms with Gasteiger partial charge < -0.3 is 10.4 Å². The highest BCUT2D eigenvalue weighted by atomic mass is 16.3. The lowest BCUT2D eigenvalue weighted by atomic mass is 10.1. The number of amides is 1. The fourth-order valence-electron chi connectivity index (χ4n) is 1.55. The molecule has 3 heteroatoms. The molecule has 0 aromatic heterocycles. The monoisotopic (exact) mass is 191 g/mol. The molecule has 1 aromatic rings. The molecular weight excluding hydrogens is 178 g/mol. The molecule has 1 saturated carbocycles. The van der Waals surface area contributed by atoms with Gasteiger partial charge >= 0.3 is 0 Å². The Labute approximate surface area is 82.8 Å². The first-order valence-electron chi connectivity index (χ1n) is 4.77. The van der Waals surface area contributed by atoms with Crippen LogP contribution in [-0.4, -0.2) is 18.1 Å². The van der Waals surface area contributed by atoms with Crippen molar-refractivity contribution < 1.29 is 9.90 Å². The van der Waals surface area contributed by atoms with Gasteiger partial charge in [-0.2, -0.15) is 0 Å². The van der Waals surface area contributed by atoms with Crippen LogP contribution in [0.3, 0.4) is 0 Å². The van der Waals surface area contributed by atoms with Gasteiger partial charge in [0.25, 0.3) is 5.91 Å². The van der Waals surface area contributed by atoms with Crippen molar-refractivity contribution in [3.05, 3.63) is 29.3 Å². The molecule has 0 radical (unpaired) electrons. The molecule has 0 saturated heterocycles. The number of rotatable bonds is 2. The molecule has 3 nitrogen and oxygen atoms in total. The standard InChI is InChI=1S/C11H13NO2/c1-12-11(14)9-5-4-8(6-10(9)13)7-2-3-7/h4-7,13H,2-3H2,1H3,(H,12,14). The van der Waals surface area contributed by atoms with Gasteiger partial charge in [0.1, 0.15) is 5.75 Å². The average molecular weight is 191 g/mol. The topological polar surface area (TPSA) is 49.3 Å². The summed E-state index contributed by atoms with van der Waals surface area (Å²) in [6.07, 6.45) is 2.39. The molecular formula is C11H13NO2. The van der Waals surface area contributed by atoms with E-state index in [0.717, 1.165) is 5.56 Å². The molecule has 74 valence electrons. The molecule has 2 N–H and O–H groups in total. The molecule has 1 amide bonds. The summed E-state index contributed by atoms with van der Waals surface area (Å²) in [6.45, 7) is 0. The second-order valence-corrected chi connectivity index (χ2v) is 3.63. The third-order valence-electron chi connectivity index (χ3n) is 2.54. The second-order valence-electron chi connectivity index (χ2n) is 3.63. The predicted octanol–water partition coefficient (Wildman–Crippen LogP) is 1.63. The van der Waals surface area contributed by atoms with Gasteiger partial charge in [0.2, 0.25) is 0 Å². The molecule has 0 atom stereocenters. The maximum atomic E-state index is 11.3. The largest absolute Gasteiger partial charge is 0.507 e. The number of phenolic OH excluding ortho intramolecular Hbond substituents is 1. The van der Waals surface area contributed by atoms with Crippen molar-refractivity contribution in [2.75, 3.05) is 7.05 Å². The number of aromatic hydroxyl groups is 1. The molecule has 1 aliphatic carbocycles. The zero-order chi connectivity index (χ0) is 10.1. The highest BCUT2D eigenvalue weighted by molar-refractivity contribution is 5.96. The molecule has 2 rings (SSSR count). The summed E-state index contributed by atoms with van der Waals surface area (Å²) >= 11 is 0. The number of carbonyl (C=O) groups is 1. The van der Waals surface area contributed by atoms with Crippen molar-refractivity contribution >= 4 is 5.91 Å². The van der Waals surface area contributed by atoms with Gasteiger partial charge in [0.15, 0.2) is 0 Å². The van der Waals surface area contributed by atoms with Crippen molar-refractivity contribution in [3.8, 4) is 5.75 Å². The first-order chi connectivity index (χ1) is 6.72. The zero-order valence-corrected chi connectivity index (χ0v) is 8.08. The lowest BCUT2D eigenvalue weighted by Gasteiger charge is -2.05. The van der Waals surface area contributed by atoms with Crippen LogP contribution in [0, 0.1) is 0 Å². The molecule has 0 spiro atoms. The number of hydrogen-bond donors (Lipinski definition) is 2. The lowest BCUT2D eigenvalue weighted by Crippen LogP contribution is -2.17. The summed E-state index contributed by atoms with van der Waals surface area (Å²) < 4.78 is 0. The Morgan fingerprint density at radius 2 is 2.21 bits per heavy atom. The van der Waals surface area contributed by atoms with Crippen LogP contribution < -0.4 is 5.32 Å². The molecule has 0 bridgehead atoms. The van der Waals surface area contributed by atoms with Crippen molar-refractivity contribution in [1.29, 1.82) is 0 Å². The Hall–Kier alpha value is -1.51. The smallest absolute Gasteiger partial charge is 0.254 e. The number of hydrogen-bond acceptors (Lipinski definition) is 2. The third kappa shape index (κ3) is 1.58. The molecule has 1 fully saturated rings. The van der Waals surface area contributed by atoms with E-state index in [0.29, 0.717) is 11.5 Å². The van der Waals surface area contributed by atoms with Crippen molar-refractivity contribution in [1.82, 2.24) is 5.32 Å². The van der Waals surface area contributed by atoms with Crippen LogP contribution in [-0.2, 0) is 0 Å². The Morgan fingerprint density at radius 3 is 2.71 bits per heavy atom. The molecule has 1 aliphatic rings. The Balaban J connectivity index is 2.30. The molecule has 0 aliphatic heterocycles. The summed E-state index contributed by atoms with van der Waals surface area (Å²) in [6, 6.07) is 5.30. The fourth-order valence-corrected chi connectivity index (χ4v) is 1.55. The van der Waals surface area contributed by atoms with E-state index >= 15 is 0 Å². The normalized spacial score (nSPS) is 15.2. The summed E-state index contributed by atoms with van der Waals surface area (Å²) in [5, 5.41) is 12.1. The van der Waals surface area contributed by atoms with Crippen LogP contribution in [0.2, 0.25) is 0 Å². The average Bonchev–Trinajstić information content (AvgIpc) is 3.00. The minimum absolute atomic E-state index is 0.0775. The van der Waals surface area contributed by atoms with Gasteiger partial charge in [-0.25, -0.2) is 0 Å². The van der Waals surface area contributed by atoms with Crippen LogP contribution in [0.15, 0.2) is 18.2 Å². The first kappa shape index (κ1) is 9.06. The van der Waals surface area contributed by atoms with E-state index in [2.05, 4.69) is 5.32 Å². The minimum atomic E-state index is -0.246. The molecule has 14 heavy (non-hydrogen) atoms. The van der Waals surface area contributed by atoms with Crippen molar-refractivity contribution in [2.45, 2.75) is 18.8 Å². The van der Waals surface area contributed by atoms with Crippen LogP contribution in [0.4, 0.5) is 0 Å². The Kier molecular flexibility index (Phi) is 2.15. The van der Waals surface area contributed by atoms with Crippen LogP contribution in [0.1, 0.15) is 34.7 Å². The van der Waals surface area contributed by atoms with Gasteiger partial charge in [-0.3, -0.25) is 4.79 Å². The van der Waals surface area contributed by atoms with E-state index in [1.807, 2.05) is 6.07 Å². The van der Waals surface area contributed by atoms with E-state index in [-0.39, 0.29) is 11.7 Å². The zero-order valence-electron chi connectivity index (χ0n) is 8.08. The molecule has 0 heterocycles. The molecule has 0 unspecified atom stereocenters. The number of benzene rings is 1. The van der Waals surface area contributed by atoms with Crippen LogP contribution >= 0.6 is 0 Å². The quantitative estimate of drug-likeness (QED) is 0.746. The minimum Gasteiger partial charge on any atom is -0.507 e. The Morgan fingerprint density at radius 1 is 1.50 bits per heavy atom. The summed E-state index contributed by atoms with van der Waals surface area (Å²) in [5.41, 5.74) is 1.48. The fraction of sp³-hybridized carbons (Fsp3) is 0.364. The number of phenols is 1. The van der Waals surface area contributed by atoms with Crippen LogP contribution in [0.5, 0.6) is 5.75 Å². The van der Waals surface area contributed by atoms with E-state index in [9.17, 15) is 9.90 Å². The van der Waals surface area contributed by atoms with Crippen molar-refractivity contribution in [3.63, 3.8) is 0 Å². The van der Waals surface area contributed by atoms with E-state index in [1.165, 1.54) is 12.8 Å². The molecule has 1 aromatic carbocycles. The van der Waals surface area contributed by atoms with Gasteiger partial charge in [-0.15, -0.1) is 0 Å². The third-order valence-corrected chi connectivity index (χ3v) is 2.54. The second kappa shape index (κ2) is 3.33. The number of carbonyl (C=O) groups excluding carboxylic acids is 1. The highest BCUT2D eigenvalue weighted by Gasteiger charge is 2.24. The summed E-state index contributed by atoms with van der Waals surface area (Å²) in [4.78, 5) is 11.3. The maximum absolute atomic E-state index is 11.3. The van der Waals surface area contributed by atoms with Gasteiger partial charge in [0, 0.05) is 7.05 Å². The van der Waals surface area contributed by atoms with E-state index in [1.54, 1.807) is 19.2 Å². The summed E-state index contributed by atoms with van der Waals surface area (Å²) in [7, 11) is 1.55. The predicted molar refractivity (Wildman–Crippen MR) is 53.5 cm³/mol. The highest BCUT2D eigenvalue weighted by Crippen LogP contribution is 2.41. The van der Waals surface area contributed by atoms with Crippen LogP contribution in [0.25, 0.3) is 0 Å². The maximum Gasteiger partial charge on any atom is 0.254 e. The van der Waals surface area contributed by atoms with Gasteiger partial charge in [-0.05, 0) is 36.5 Å². The van der Waals surface area contributed by atoms with Gasteiger partial charge in [0.05, 0.1) is 5.56 Å². The van der Waals surface area contributed by atoms with Crippen molar-refractivity contribution in [2.24, 2.45) is 0 Å². The Bertz CT molecular complexity index is 370. The summed E-state index contributed by atoms with van der Waals surface area (Å²) in [5.74, 6) is 0.429. The van der Waals surface area contributed by atoms with Gasteiger partial charge in [-0.1, -0.05) is 6.07 Å². The van der Waals surface area contributed by atoms with E-state index < -0.39 is 0 Å². The first-order valence-corrected chi connectivity index (χ1v) is 4.77. The lowest BCUT2D eigenvalue weighted by molar-refractivity contribution is 0.0960. The van der Waals surface area contributed by atoms with E-state index in [4.69, 9.17) is 0 Å². The number of nitrogens with one attached hydrogen (secondary N) is 1.